The lowest BCUT2D eigenvalue weighted by molar-refractivity contribution is 0.103. The zero-order valence-electron chi connectivity index (χ0n) is 10.5. The standard InChI is InChI=1S/C14H9BrClN3O2/c15-9-5-12-11(18-14(21)19-12)4-8(9)13(20)7-2-1-6(16)3-10(7)17/h1-5H,17H2,(H2,18,19,21). The van der Waals surface area contributed by atoms with Crippen molar-refractivity contribution >= 4 is 50.0 Å². The van der Waals surface area contributed by atoms with Gasteiger partial charge in [0.2, 0.25) is 0 Å². The van der Waals surface area contributed by atoms with Crippen LogP contribution in [-0.4, -0.2) is 15.8 Å². The number of carbonyl (C=O) groups is 1. The van der Waals surface area contributed by atoms with Crippen LogP contribution < -0.4 is 11.4 Å². The maximum Gasteiger partial charge on any atom is 0.323 e. The number of anilines is 1. The van der Waals surface area contributed by atoms with Gasteiger partial charge in [0.25, 0.3) is 0 Å². The molecule has 0 bridgehead atoms. The smallest absolute Gasteiger partial charge is 0.323 e. The molecule has 0 unspecified atom stereocenters. The summed E-state index contributed by atoms with van der Waals surface area (Å²) in [5.41, 5.74) is 7.76. The summed E-state index contributed by atoms with van der Waals surface area (Å²) in [7, 11) is 0. The number of halogens is 2. The van der Waals surface area contributed by atoms with Gasteiger partial charge in [-0.05, 0) is 46.3 Å². The van der Waals surface area contributed by atoms with Crippen molar-refractivity contribution in [3.63, 3.8) is 0 Å². The second-order valence-corrected chi connectivity index (χ2v) is 5.81. The summed E-state index contributed by atoms with van der Waals surface area (Å²) >= 11 is 9.18. The van der Waals surface area contributed by atoms with Crippen LogP contribution in [0, 0.1) is 0 Å². The number of aromatic amines is 2. The van der Waals surface area contributed by atoms with Gasteiger partial charge in [-0.2, -0.15) is 0 Å². The zero-order chi connectivity index (χ0) is 15.1. The van der Waals surface area contributed by atoms with Crippen molar-refractivity contribution < 1.29 is 4.79 Å². The van der Waals surface area contributed by atoms with Crippen LogP contribution >= 0.6 is 27.5 Å². The van der Waals surface area contributed by atoms with E-state index in [2.05, 4.69) is 25.9 Å². The third-order valence-corrected chi connectivity index (χ3v) is 4.00. The molecule has 3 aromatic rings. The first-order valence-corrected chi connectivity index (χ1v) is 7.14. The topological polar surface area (TPSA) is 91.7 Å². The fraction of sp³-hybridized carbons (Fsp3) is 0. The van der Waals surface area contributed by atoms with E-state index in [1.165, 1.54) is 6.07 Å². The van der Waals surface area contributed by atoms with Gasteiger partial charge in [0.15, 0.2) is 5.78 Å². The third-order valence-electron chi connectivity index (χ3n) is 3.11. The second kappa shape index (κ2) is 5.05. The first kappa shape index (κ1) is 13.9. The molecule has 0 saturated heterocycles. The normalized spacial score (nSPS) is 11.0. The summed E-state index contributed by atoms with van der Waals surface area (Å²) in [5, 5.41) is 0.466. The Morgan fingerprint density at radius 1 is 1.10 bits per heavy atom. The van der Waals surface area contributed by atoms with Gasteiger partial charge < -0.3 is 15.7 Å². The molecular formula is C14H9BrClN3O2. The number of rotatable bonds is 2. The second-order valence-electron chi connectivity index (χ2n) is 4.52. The largest absolute Gasteiger partial charge is 0.398 e. The molecule has 0 aliphatic heterocycles. The highest BCUT2D eigenvalue weighted by Gasteiger charge is 2.17. The number of nitrogen functional groups attached to an aromatic ring is 1. The van der Waals surface area contributed by atoms with Crippen molar-refractivity contribution in [1.82, 2.24) is 9.97 Å². The maximum absolute atomic E-state index is 12.6. The number of H-pyrrole nitrogens is 2. The van der Waals surface area contributed by atoms with E-state index in [4.69, 9.17) is 17.3 Å². The average molecular weight is 367 g/mol. The van der Waals surface area contributed by atoms with Crippen molar-refractivity contribution in [3.8, 4) is 0 Å². The molecule has 1 aromatic heterocycles. The van der Waals surface area contributed by atoms with Gasteiger partial charge in [0.1, 0.15) is 0 Å². The molecule has 1 heterocycles. The SMILES string of the molecule is Nc1cc(Cl)ccc1C(=O)c1cc2[nH]c(=O)[nH]c2cc1Br. The highest BCUT2D eigenvalue weighted by molar-refractivity contribution is 9.10. The predicted molar refractivity (Wildman–Crippen MR) is 85.9 cm³/mol. The fourth-order valence-electron chi connectivity index (χ4n) is 2.12. The number of carbonyl (C=O) groups excluding carboxylic acids is 1. The van der Waals surface area contributed by atoms with E-state index in [0.717, 1.165) is 0 Å². The van der Waals surface area contributed by atoms with Crippen molar-refractivity contribution in [1.29, 1.82) is 0 Å². The molecule has 0 aliphatic rings. The van der Waals surface area contributed by atoms with Gasteiger partial charge in [-0.25, -0.2) is 4.79 Å². The first-order chi connectivity index (χ1) is 9.95. The fourth-order valence-corrected chi connectivity index (χ4v) is 2.82. The molecule has 0 atom stereocenters. The van der Waals surface area contributed by atoms with Crippen LogP contribution in [0.5, 0.6) is 0 Å². The molecular weight excluding hydrogens is 358 g/mol. The van der Waals surface area contributed by atoms with Crippen molar-refractivity contribution in [2.24, 2.45) is 0 Å². The lowest BCUT2D eigenvalue weighted by Crippen LogP contribution is -2.06. The summed E-state index contributed by atoms with van der Waals surface area (Å²) in [6, 6.07) is 7.99. The minimum absolute atomic E-state index is 0.250. The minimum atomic E-state index is -0.326. The Morgan fingerprint density at radius 3 is 2.43 bits per heavy atom. The van der Waals surface area contributed by atoms with Crippen LogP contribution in [0.4, 0.5) is 5.69 Å². The first-order valence-electron chi connectivity index (χ1n) is 5.97. The Bertz CT molecular complexity index is 930. The van der Waals surface area contributed by atoms with Crippen LogP contribution in [-0.2, 0) is 0 Å². The van der Waals surface area contributed by atoms with Gasteiger partial charge >= 0.3 is 5.69 Å². The maximum atomic E-state index is 12.6. The van der Waals surface area contributed by atoms with Gasteiger partial charge in [0.05, 0.1) is 11.0 Å². The van der Waals surface area contributed by atoms with E-state index < -0.39 is 0 Å². The molecule has 0 spiro atoms. The van der Waals surface area contributed by atoms with Crippen LogP contribution in [0.15, 0.2) is 39.6 Å². The number of nitrogens with one attached hydrogen (secondary N) is 2. The number of fused-ring (bicyclic) bond motifs is 1. The molecule has 7 heteroatoms. The number of hydrogen-bond acceptors (Lipinski definition) is 3. The number of ketones is 1. The van der Waals surface area contributed by atoms with Gasteiger partial charge in [-0.15, -0.1) is 0 Å². The Labute approximate surface area is 132 Å². The van der Waals surface area contributed by atoms with E-state index in [-0.39, 0.29) is 11.5 Å². The number of nitrogens with two attached hydrogens (primary N) is 1. The number of hydrogen-bond donors (Lipinski definition) is 3. The minimum Gasteiger partial charge on any atom is -0.398 e. The van der Waals surface area contributed by atoms with Crippen molar-refractivity contribution in [2.75, 3.05) is 5.73 Å². The molecule has 106 valence electrons. The van der Waals surface area contributed by atoms with E-state index >= 15 is 0 Å². The van der Waals surface area contributed by atoms with E-state index in [1.807, 2.05) is 0 Å². The highest BCUT2D eigenvalue weighted by atomic mass is 79.9. The monoisotopic (exact) mass is 365 g/mol. The summed E-state index contributed by atoms with van der Waals surface area (Å²) in [6.45, 7) is 0. The quantitative estimate of drug-likeness (QED) is 0.481. The molecule has 0 saturated carbocycles. The molecule has 0 aliphatic carbocycles. The van der Waals surface area contributed by atoms with E-state index in [1.54, 1.807) is 24.3 Å². The molecule has 2 aromatic carbocycles. The molecule has 4 N–H and O–H groups in total. The lowest BCUT2D eigenvalue weighted by Gasteiger charge is -2.07. The zero-order valence-corrected chi connectivity index (χ0v) is 12.9. The van der Waals surface area contributed by atoms with Crippen molar-refractivity contribution in [2.45, 2.75) is 0 Å². The molecule has 3 rings (SSSR count). The number of aromatic nitrogens is 2. The number of imidazole rings is 1. The highest BCUT2D eigenvalue weighted by Crippen LogP contribution is 2.27. The van der Waals surface area contributed by atoms with Crippen LogP contribution in [0.1, 0.15) is 15.9 Å². The molecule has 0 amide bonds. The molecule has 5 nitrogen and oxygen atoms in total. The summed E-state index contributed by atoms with van der Waals surface area (Å²) in [6.07, 6.45) is 0. The van der Waals surface area contributed by atoms with Gasteiger partial charge in [-0.1, -0.05) is 11.6 Å². The summed E-state index contributed by atoms with van der Waals surface area (Å²) in [4.78, 5) is 29.1. The number of benzene rings is 2. The summed E-state index contributed by atoms with van der Waals surface area (Å²) in [5.74, 6) is -0.250. The molecule has 0 radical (unpaired) electrons. The van der Waals surface area contributed by atoms with Crippen LogP contribution in [0.25, 0.3) is 11.0 Å². The Hall–Kier alpha value is -2.05. The lowest BCUT2D eigenvalue weighted by atomic mass is 10.0. The third kappa shape index (κ3) is 2.48. The Kier molecular flexibility index (Phi) is 3.35. The average Bonchev–Trinajstić information content (AvgIpc) is 2.76. The van der Waals surface area contributed by atoms with Crippen molar-refractivity contribution in [3.05, 3.63) is 61.4 Å². The Morgan fingerprint density at radius 2 is 1.76 bits per heavy atom. The molecule has 21 heavy (non-hydrogen) atoms. The van der Waals surface area contributed by atoms with Crippen LogP contribution in [0.2, 0.25) is 5.02 Å². The molecule has 0 fully saturated rings. The summed E-state index contributed by atoms with van der Waals surface area (Å²) < 4.78 is 0.574. The van der Waals surface area contributed by atoms with E-state index in [0.29, 0.717) is 37.3 Å². The van der Waals surface area contributed by atoms with Gasteiger partial charge in [0, 0.05) is 26.3 Å². The Balaban J connectivity index is 2.16. The van der Waals surface area contributed by atoms with Gasteiger partial charge in [-0.3, -0.25) is 4.79 Å². The van der Waals surface area contributed by atoms with Crippen LogP contribution in [0.3, 0.4) is 0 Å². The van der Waals surface area contributed by atoms with E-state index in [9.17, 15) is 9.59 Å². The predicted octanol–water partition coefficient (Wildman–Crippen LogP) is 3.09.